The number of nitrogens with one attached hydrogen (secondary N) is 2. The monoisotopic (exact) mass is 316 g/mol. The first-order chi connectivity index (χ1) is 10.3. The van der Waals surface area contributed by atoms with E-state index in [9.17, 15) is 18.0 Å². The van der Waals surface area contributed by atoms with Gasteiger partial charge in [-0.3, -0.25) is 4.79 Å². The van der Waals surface area contributed by atoms with Crippen LogP contribution in [0.15, 0.2) is 24.3 Å². The molecule has 0 spiro atoms. The predicted octanol–water partition coefficient (Wildman–Crippen LogP) is 0.378. The highest BCUT2D eigenvalue weighted by Gasteiger charge is 2.29. The molecule has 122 valence electrons. The zero-order valence-corrected chi connectivity index (χ0v) is 12.5. The highest BCUT2D eigenvalue weighted by molar-refractivity contribution is 5.76. The molecule has 0 radical (unpaired) electrons. The number of hydrogen-bond acceptors (Lipinski definition) is 2. The number of alkyl halides is 3. The molecule has 1 heterocycles. The minimum atomic E-state index is -4.35. The van der Waals surface area contributed by atoms with Crippen molar-refractivity contribution in [2.24, 2.45) is 0 Å². The maximum atomic E-state index is 12.0. The predicted molar refractivity (Wildman–Crippen MR) is 78.0 cm³/mol. The summed E-state index contributed by atoms with van der Waals surface area (Å²) in [6.07, 6.45) is -4.35. The van der Waals surface area contributed by atoms with Gasteiger partial charge in [0.25, 0.3) is 5.91 Å². The molecule has 0 unspecified atom stereocenters. The van der Waals surface area contributed by atoms with Crippen LogP contribution in [0.1, 0.15) is 5.56 Å². The normalized spacial score (nSPS) is 16.6. The number of hydrogen-bond donors (Lipinski definition) is 2. The lowest BCUT2D eigenvalue weighted by molar-refractivity contribution is -0.892. The molecule has 1 fully saturated rings. The molecule has 0 saturated carbocycles. The van der Waals surface area contributed by atoms with Gasteiger partial charge in [0, 0.05) is 5.69 Å². The molecule has 1 aliphatic heterocycles. The SMILES string of the molecule is Cc1ccccc1N1CC[NH+](CC(=O)NCC(F)(F)F)CC1. The van der Waals surface area contributed by atoms with Gasteiger partial charge in [0.15, 0.2) is 6.54 Å². The lowest BCUT2D eigenvalue weighted by Gasteiger charge is -2.34. The third-order valence-corrected chi connectivity index (χ3v) is 3.82. The van der Waals surface area contributed by atoms with Crippen LogP contribution >= 0.6 is 0 Å². The lowest BCUT2D eigenvalue weighted by atomic mass is 10.1. The first-order valence-corrected chi connectivity index (χ1v) is 7.33. The molecule has 7 heteroatoms. The summed E-state index contributed by atoms with van der Waals surface area (Å²) in [7, 11) is 0. The van der Waals surface area contributed by atoms with Crippen LogP contribution in [0, 0.1) is 6.92 Å². The molecular formula is C15H21F3N3O+. The van der Waals surface area contributed by atoms with Crippen molar-refractivity contribution in [1.82, 2.24) is 5.32 Å². The van der Waals surface area contributed by atoms with E-state index in [0.717, 1.165) is 31.1 Å². The van der Waals surface area contributed by atoms with Crippen LogP contribution < -0.4 is 15.1 Å². The average Bonchev–Trinajstić information content (AvgIpc) is 2.46. The zero-order chi connectivity index (χ0) is 16.2. The average molecular weight is 316 g/mol. The van der Waals surface area contributed by atoms with Crippen molar-refractivity contribution >= 4 is 11.6 Å². The summed E-state index contributed by atoms with van der Waals surface area (Å²) < 4.78 is 36.1. The van der Waals surface area contributed by atoms with Gasteiger partial charge in [-0.25, -0.2) is 0 Å². The molecule has 4 nitrogen and oxygen atoms in total. The maximum absolute atomic E-state index is 12.0. The van der Waals surface area contributed by atoms with Gasteiger partial charge in [-0.1, -0.05) is 18.2 Å². The van der Waals surface area contributed by atoms with Crippen LogP contribution in [0.5, 0.6) is 0 Å². The number of carbonyl (C=O) groups excluding carboxylic acids is 1. The molecule has 1 aromatic rings. The Balaban J connectivity index is 1.78. The van der Waals surface area contributed by atoms with Crippen molar-refractivity contribution in [3.63, 3.8) is 0 Å². The molecule has 0 aromatic heterocycles. The third-order valence-electron chi connectivity index (χ3n) is 3.82. The molecule has 22 heavy (non-hydrogen) atoms. The summed E-state index contributed by atoms with van der Waals surface area (Å²) >= 11 is 0. The van der Waals surface area contributed by atoms with Crippen LogP contribution in [-0.4, -0.2) is 51.4 Å². The van der Waals surface area contributed by atoms with E-state index < -0.39 is 18.6 Å². The molecule has 1 saturated heterocycles. The fraction of sp³-hybridized carbons (Fsp3) is 0.533. The second-order valence-corrected chi connectivity index (χ2v) is 5.59. The molecule has 0 bridgehead atoms. The summed E-state index contributed by atoms with van der Waals surface area (Å²) in [6.45, 7) is 3.98. The Labute approximate surface area is 127 Å². The minimum absolute atomic E-state index is 0.0949. The number of anilines is 1. The van der Waals surface area contributed by atoms with Crippen LogP contribution in [0.2, 0.25) is 0 Å². The van der Waals surface area contributed by atoms with Gasteiger partial charge in [0.2, 0.25) is 0 Å². The Hall–Kier alpha value is -1.76. The fourth-order valence-electron chi connectivity index (χ4n) is 2.65. The second kappa shape index (κ2) is 7.00. The molecule has 1 amide bonds. The number of piperazine rings is 1. The van der Waals surface area contributed by atoms with E-state index in [0.29, 0.717) is 0 Å². The summed E-state index contributed by atoms with van der Waals surface area (Å²) in [4.78, 5) is 14.8. The number of quaternary nitrogens is 1. The van der Waals surface area contributed by atoms with Crippen LogP contribution in [0.4, 0.5) is 18.9 Å². The maximum Gasteiger partial charge on any atom is 0.405 e. The molecule has 2 rings (SSSR count). The van der Waals surface area contributed by atoms with Crippen LogP contribution in [0.3, 0.4) is 0 Å². The molecule has 2 N–H and O–H groups in total. The first-order valence-electron chi connectivity index (χ1n) is 7.33. The van der Waals surface area contributed by atoms with Crippen molar-refractivity contribution < 1.29 is 22.9 Å². The smallest absolute Gasteiger partial charge is 0.360 e. The highest BCUT2D eigenvalue weighted by atomic mass is 19.4. The van der Waals surface area contributed by atoms with Gasteiger partial charge in [0.05, 0.1) is 26.2 Å². The summed E-state index contributed by atoms with van der Waals surface area (Å²) in [5, 5.41) is 1.92. The number of nitrogens with zero attached hydrogens (tertiary/aromatic N) is 1. The third kappa shape index (κ3) is 4.91. The van der Waals surface area contributed by atoms with Gasteiger partial charge in [-0.15, -0.1) is 0 Å². The quantitative estimate of drug-likeness (QED) is 0.843. The lowest BCUT2D eigenvalue weighted by Crippen LogP contribution is -3.16. The molecule has 1 aliphatic rings. The van der Waals surface area contributed by atoms with Crippen molar-refractivity contribution in [2.75, 3.05) is 44.2 Å². The molecule has 1 aromatic carbocycles. The number of benzene rings is 1. The van der Waals surface area contributed by atoms with E-state index in [4.69, 9.17) is 0 Å². The second-order valence-electron chi connectivity index (χ2n) is 5.59. The van der Waals surface area contributed by atoms with E-state index in [2.05, 4.69) is 24.0 Å². The Morgan fingerprint density at radius 1 is 1.27 bits per heavy atom. The van der Waals surface area contributed by atoms with Gasteiger partial charge in [0.1, 0.15) is 6.54 Å². The Kier molecular flexibility index (Phi) is 5.28. The summed E-state index contributed by atoms with van der Waals surface area (Å²) in [5.74, 6) is -0.545. The minimum Gasteiger partial charge on any atom is -0.360 e. The van der Waals surface area contributed by atoms with Gasteiger partial charge in [-0.05, 0) is 18.6 Å². The van der Waals surface area contributed by atoms with Gasteiger partial charge in [-0.2, -0.15) is 13.2 Å². The summed E-state index contributed by atoms with van der Waals surface area (Å²) in [5.41, 5.74) is 2.39. The standard InChI is InChI=1S/C15H20F3N3O/c1-12-4-2-3-5-13(12)21-8-6-20(7-9-21)10-14(22)19-11-15(16,17)18/h2-5H,6-11H2,1H3,(H,19,22)/p+1. The topological polar surface area (TPSA) is 36.8 Å². The summed E-state index contributed by atoms with van der Waals surface area (Å²) in [6, 6.07) is 8.10. The molecule has 0 atom stereocenters. The Morgan fingerprint density at radius 2 is 1.91 bits per heavy atom. The van der Waals surface area contributed by atoms with E-state index in [1.165, 1.54) is 11.3 Å². The van der Waals surface area contributed by atoms with E-state index in [1.54, 1.807) is 0 Å². The molecule has 0 aliphatic carbocycles. The van der Waals surface area contributed by atoms with Crippen molar-refractivity contribution in [3.8, 4) is 0 Å². The van der Waals surface area contributed by atoms with E-state index >= 15 is 0 Å². The molecular weight excluding hydrogens is 295 g/mol. The van der Waals surface area contributed by atoms with E-state index in [-0.39, 0.29) is 6.54 Å². The number of para-hydroxylation sites is 1. The Bertz CT molecular complexity index is 511. The van der Waals surface area contributed by atoms with Crippen LogP contribution in [0.25, 0.3) is 0 Å². The van der Waals surface area contributed by atoms with Crippen LogP contribution in [-0.2, 0) is 4.79 Å². The Morgan fingerprint density at radius 3 is 2.50 bits per heavy atom. The number of halogens is 3. The largest absolute Gasteiger partial charge is 0.405 e. The highest BCUT2D eigenvalue weighted by Crippen LogP contribution is 2.18. The number of aryl methyl sites for hydroxylation is 1. The van der Waals surface area contributed by atoms with Crippen molar-refractivity contribution in [2.45, 2.75) is 13.1 Å². The van der Waals surface area contributed by atoms with Crippen molar-refractivity contribution in [1.29, 1.82) is 0 Å². The van der Waals surface area contributed by atoms with Gasteiger partial charge < -0.3 is 15.1 Å². The van der Waals surface area contributed by atoms with E-state index in [1.807, 2.05) is 17.4 Å². The number of amides is 1. The van der Waals surface area contributed by atoms with Gasteiger partial charge >= 0.3 is 6.18 Å². The first kappa shape index (κ1) is 16.6. The number of carbonyl (C=O) groups is 1. The van der Waals surface area contributed by atoms with Crippen molar-refractivity contribution in [3.05, 3.63) is 29.8 Å². The fourth-order valence-corrected chi connectivity index (χ4v) is 2.65. The zero-order valence-electron chi connectivity index (χ0n) is 12.5. The number of rotatable bonds is 4.